The summed E-state index contributed by atoms with van der Waals surface area (Å²) >= 11 is 0. The number of hydrogen-bond donors (Lipinski definition) is 1. The fraction of sp³-hybridized carbons (Fsp3) is 0.700. The molecule has 5 aliphatic rings. The summed E-state index contributed by atoms with van der Waals surface area (Å²) in [5.74, 6) is -0.0489. The van der Waals surface area contributed by atoms with Crippen molar-refractivity contribution in [3.05, 3.63) is 35.8 Å². The van der Waals surface area contributed by atoms with E-state index in [0.29, 0.717) is 24.8 Å². The number of hydrogen-bond acceptors (Lipinski definition) is 6. The van der Waals surface area contributed by atoms with Crippen molar-refractivity contribution in [1.29, 1.82) is 0 Å². The Kier molecular flexibility index (Phi) is 5.96. The van der Waals surface area contributed by atoms with Gasteiger partial charge in [0.15, 0.2) is 12.1 Å². The maximum absolute atomic E-state index is 13.6. The molecule has 0 aromatic carbocycles. The molecule has 9 atom stereocenters. The molecule has 0 radical (unpaired) electrons. The number of carboxylic acid groups (broad SMARTS) is 1. The molecule has 6 rings (SSSR count). The maximum Gasteiger partial charge on any atom is 0.315 e. The fourth-order valence-electron chi connectivity index (χ4n) is 9.60. The summed E-state index contributed by atoms with van der Waals surface area (Å²) in [4.78, 5) is 41.4. The lowest BCUT2D eigenvalue weighted by molar-refractivity contribution is -0.232. The van der Waals surface area contributed by atoms with E-state index in [2.05, 4.69) is 13.0 Å². The van der Waals surface area contributed by atoms with Gasteiger partial charge in [0.25, 0.3) is 5.91 Å². The van der Waals surface area contributed by atoms with Crippen LogP contribution in [0.3, 0.4) is 0 Å². The van der Waals surface area contributed by atoms with Gasteiger partial charge in [-0.1, -0.05) is 38.8 Å². The van der Waals surface area contributed by atoms with Crippen molar-refractivity contribution in [2.45, 2.75) is 65.8 Å². The molecule has 1 aromatic heterocycles. The van der Waals surface area contributed by atoms with Crippen LogP contribution in [0.1, 0.15) is 63.9 Å². The van der Waals surface area contributed by atoms with Crippen LogP contribution in [-0.4, -0.2) is 60.3 Å². The molecule has 38 heavy (non-hydrogen) atoms. The second-order valence-corrected chi connectivity index (χ2v) is 12.9. The topological polar surface area (TPSA) is 106 Å². The van der Waals surface area contributed by atoms with Crippen LogP contribution in [0.25, 0.3) is 0 Å². The Balaban J connectivity index is 1.35. The van der Waals surface area contributed by atoms with Crippen LogP contribution >= 0.6 is 0 Å². The zero-order valence-corrected chi connectivity index (χ0v) is 22.7. The molecule has 206 valence electrons. The van der Waals surface area contributed by atoms with E-state index in [9.17, 15) is 19.5 Å². The van der Waals surface area contributed by atoms with E-state index in [-0.39, 0.29) is 48.7 Å². The van der Waals surface area contributed by atoms with Crippen molar-refractivity contribution in [2.75, 3.05) is 19.7 Å². The number of carboxylic acids is 1. The number of allylic oxidation sites excluding steroid dienone is 1. The molecule has 1 aliphatic heterocycles. The van der Waals surface area contributed by atoms with E-state index in [4.69, 9.17) is 13.9 Å². The largest absolute Gasteiger partial charge is 0.481 e. The van der Waals surface area contributed by atoms with Gasteiger partial charge in [0.05, 0.1) is 30.9 Å². The molecule has 5 unspecified atom stereocenters. The molecule has 2 heterocycles. The first-order chi connectivity index (χ1) is 18.1. The van der Waals surface area contributed by atoms with Crippen LogP contribution in [0, 0.1) is 45.8 Å². The Morgan fingerprint density at radius 1 is 1.24 bits per heavy atom. The first-order valence-electron chi connectivity index (χ1n) is 14.1. The Bertz CT molecular complexity index is 1160. The molecule has 1 amide bonds. The number of amides is 1. The molecular formula is C30H39NO7. The smallest absolute Gasteiger partial charge is 0.315 e. The number of morpholine rings is 1. The van der Waals surface area contributed by atoms with Crippen LogP contribution in [-0.2, 0) is 19.1 Å². The van der Waals surface area contributed by atoms with Crippen molar-refractivity contribution in [2.24, 2.45) is 45.8 Å². The normalized spacial score (nSPS) is 43.3. The van der Waals surface area contributed by atoms with Gasteiger partial charge in [-0.3, -0.25) is 9.59 Å². The SMILES string of the molecule is CC(C)C1=CC2C[C@]3(C=O)C4CC[C@@H](C)C4CC2(CO[C@H]2CN(C(=O)c4ccco4)C[C@@H](C)O2)C13C(=O)O. The van der Waals surface area contributed by atoms with Gasteiger partial charge >= 0.3 is 5.97 Å². The van der Waals surface area contributed by atoms with E-state index < -0.39 is 28.5 Å². The van der Waals surface area contributed by atoms with Crippen LogP contribution in [0.5, 0.6) is 0 Å². The van der Waals surface area contributed by atoms with Gasteiger partial charge in [-0.15, -0.1) is 0 Å². The summed E-state index contributed by atoms with van der Waals surface area (Å²) < 4.78 is 17.9. The zero-order chi connectivity index (χ0) is 27.0. The van der Waals surface area contributed by atoms with Gasteiger partial charge in [-0.2, -0.15) is 0 Å². The lowest BCUT2D eigenvalue weighted by Gasteiger charge is -2.58. The van der Waals surface area contributed by atoms with Crippen molar-refractivity contribution in [3.63, 3.8) is 0 Å². The average Bonchev–Trinajstić information content (AvgIpc) is 3.64. The zero-order valence-electron chi connectivity index (χ0n) is 22.7. The molecule has 4 aliphatic carbocycles. The first-order valence-corrected chi connectivity index (χ1v) is 14.1. The molecule has 8 heteroatoms. The number of rotatable bonds is 7. The van der Waals surface area contributed by atoms with Gasteiger partial charge in [0.2, 0.25) is 0 Å². The van der Waals surface area contributed by atoms with E-state index in [0.717, 1.165) is 31.1 Å². The van der Waals surface area contributed by atoms with Gasteiger partial charge in [0.1, 0.15) is 11.7 Å². The van der Waals surface area contributed by atoms with Crippen LogP contribution in [0.4, 0.5) is 0 Å². The highest BCUT2D eigenvalue weighted by atomic mass is 16.7. The van der Waals surface area contributed by atoms with Crippen molar-refractivity contribution in [3.8, 4) is 0 Å². The van der Waals surface area contributed by atoms with Gasteiger partial charge in [0, 0.05) is 12.0 Å². The highest BCUT2D eigenvalue weighted by molar-refractivity contribution is 5.91. The number of carbonyl (C=O) groups is 3. The van der Waals surface area contributed by atoms with Gasteiger partial charge in [-0.25, -0.2) is 0 Å². The molecule has 8 nitrogen and oxygen atoms in total. The van der Waals surface area contributed by atoms with Crippen molar-refractivity contribution >= 4 is 18.2 Å². The monoisotopic (exact) mass is 525 g/mol. The summed E-state index contributed by atoms with van der Waals surface area (Å²) in [6.45, 7) is 9.06. The standard InChI is InChI=1S/C30H39NO7/c1-17(2)23-10-20-11-28(15-32)22-8-7-18(3)21(22)12-29(20,30(23,28)27(34)35)16-37-25-14-31(13-19(4)38-25)26(33)24-6-5-9-36-24/h5-6,9-10,15,17-22,25H,7-8,11-14,16H2,1-4H3,(H,34,35)/t18-,19-,20?,21?,22?,25-,28+,29?,30?/m1/s1. The maximum atomic E-state index is 13.6. The molecule has 4 bridgehead atoms. The number of furan rings is 1. The molecule has 4 fully saturated rings. The number of carbonyl (C=O) groups excluding carboxylic acids is 2. The minimum atomic E-state index is -1.28. The minimum absolute atomic E-state index is 0.0119. The van der Waals surface area contributed by atoms with Crippen molar-refractivity contribution in [1.82, 2.24) is 4.90 Å². The average molecular weight is 526 g/mol. The molecular weight excluding hydrogens is 486 g/mol. The highest BCUT2D eigenvalue weighted by Gasteiger charge is 2.84. The minimum Gasteiger partial charge on any atom is -0.481 e. The predicted molar refractivity (Wildman–Crippen MR) is 137 cm³/mol. The third-order valence-corrected chi connectivity index (χ3v) is 10.9. The summed E-state index contributed by atoms with van der Waals surface area (Å²) in [6.07, 6.45) is 6.97. The molecule has 1 aromatic rings. The van der Waals surface area contributed by atoms with Crippen LogP contribution < -0.4 is 0 Å². The van der Waals surface area contributed by atoms with E-state index in [1.807, 2.05) is 20.8 Å². The fourth-order valence-corrected chi connectivity index (χ4v) is 9.60. The number of nitrogens with zero attached hydrogens (tertiary/aromatic N) is 1. The second kappa shape index (κ2) is 8.78. The van der Waals surface area contributed by atoms with Crippen LogP contribution in [0.15, 0.2) is 34.5 Å². The Hall–Kier alpha value is -2.45. The molecule has 1 saturated heterocycles. The second-order valence-electron chi connectivity index (χ2n) is 12.9. The highest BCUT2D eigenvalue weighted by Crippen LogP contribution is 2.82. The first kappa shape index (κ1) is 25.8. The lowest BCUT2D eigenvalue weighted by Crippen LogP contribution is -2.64. The summed E-state index contributed by atoms with van der Waals surface area (Å²) in [6, 6.07) is 3.33. The Labute approximate surface area is 223 Å². The number of fused-ring (bicyclic) bond motifs is 2. The molecule has 3 saturated carbocycles. The summed E-state index contributed by atoms with van der Waals surface area (Å²) in [5, 5.41) is 11.1. The molecule has 0 spiro atoms. The molecule has 1 N–H and O–H groups in total. The number of aliphatic carboxylic acids is 1. The van der Waals surface area contributed by atoms with Gasteiger partial charge < -0.3 is 28.7 Å². The van der Waals surface area contributed by atoms with E-state index >= 15 is 0 Å². The quantitative estimate of drug-likeness (QED) is 0.415. The summed E-state index contributed by atoms with van der Waals surface area (Å²) in [5.41, 5.74) is -2.03. The van der Waals surface area contributed by atoms with Crippen LogP contribution in [0.2, 0.25) is 0 Å². The van der Waals surface area contributed by atoms with Crippen molar-refractivity contribution < 1.29 is 33.4 Å². The lowest BCUT2D eigenvalue weighted by atomic mass is 9.43. The number of ether oxygens (including phenoxy) is 2. The third-order valence-electron chi connectivity index (χ3n) is 10.9. The predicted octanol–water partition coefficient (Wildman–Crippen LogP) is 4.41. The Morgan fingerprint density at radius 2 is 2.03 bits per heavy atom. The van der Waals surface area contributed by atoms with E-state index in [1.54, 1.807) is 17.0 Å². The summed E-state index contributed by atoms with van der Waals surface area (Å²) in [7, 11) is 0. The Morgan fingerprint density at radius 3 is 2.68 bits per heavy atom. The third kappa shape index (κ3) is 3.13. The van der Waals surface area contributed by atoms with Gasteiger partial charge in [-0.05, 0) is 67.9 Å². The number of aldehydes is 1. The van der Waals surface area contributed by atoms with E-state index in [1.165, 1.54) is 6.26 Å².